The summed E-state index contributed by atoms with van der Waals surface area (Å²) in [5, 5.41) is 4.85. The Hall–Kier alpha value is -3.34. The van der Waals surface area contributed by atoms with Gasteiger partial charge in [-0.3, -0.25) is 9.59 Å². The fraction of sp³-hybridized carbons (Fsp3) is 0.280. The third-order valence-corrected chi connectivity index (χ3v) is 4.92. The lowest BCUT2D eigenvalue weighted by atomic mass is 9.87. The molecule has 0 fully saturated rings. The van der Waals surface area contributed by atoms with Crippen LogP contribution in [-0.2, 0) is 26.2 Å². The summed E-state index contributed by atoms with van der Waals surface area (Å²) in [6.45, 7) is 5.92. The van der Waals surface area contributed by atoms with E-state index in [9.17, 15) is 9.59 Å². The second-order valence-corrected chi connectivity index (χ2v) is 8.19. The van der Waals surface area contributed by atoms with Crippen LogP contribution in [0.2, 0.25) is 0 Å². The van der Waals surface area contributed by atoms with E-state index < -0.39 is 11.9 Å². The molecule has 0 saturated carbocycles. The summed E-state index contributed by atoms with van der Waals surface area (Å²) in [6.07, 6.45) is 0.109. The van der Waals surface area contributed by atoms with Crippen LogP contribution in [-0.4, -0.2) is 25.6 Å². The average Bonchev–Trinajstić information content (AvgIpc) is 2.72. The number of rotatable bonds is 6. The number of nitrogens with one attached hydrogen (secondary N) is 1. The summed E-state index contributed by atoms with van der Waals surface area (Å²) in [5.74, 6) is -0.305. The van der Waals surface area contributed by atoms with Crippen LogP contribution in [0.5, 0.6) is 5.75 Å². The number of hydrogen-bond donors (Lipinski definition) is 1. The maximum Gasteiger partial charge on any atom is 0.310 e. The van der Waals surface area contributed by atoms with E-state index in [0.717, 1.165) is 21.9 Å². The number of esters is 1. The minimum atomic E-state index is -0.447. The number of carbonyl (C=O) groups is 2. The van der Waals surface area contributed by atoms with E-state index in [1.807, 2.05) is 60.7 Å². The van der Waals surface area contributed by atoms with Crippen LogP contribution < -0.4 is 10.1 Å². The number of fused-ring (bicyclic) bond motifs is 1. The Bertz CT molecular complexity index is 1060. The molecule has 0 aliphatic carbocycles. The molecule has 30 heavy (non-hydrogen) atoms. The number of anilines is 1. The first-order valence-electron chi connectivity index (χ1n) is 9.88. The number of methoxy groups -OCH3 is 1. The molecule has 0 atom stereocenters. The number of amides is 1. The van der Waals surface area contributed by atoms with E-state index in [1.165, 1.54) is 0 Å². The zero-order valence-electron chi connectivity index (χ0n) is 17.8. The second-order valence-electron chi connectivity index (χ2n) is 8.19. The molecule has 0 radical (unpaired) electrons. The molecule has 0 bridgehead atoms. The van der Waals surface area contributed by atoms with Gasteiger partial charge >= 0.3 is 5.97 Å². The highest BCUT2D eigenvalue weighted by Gasteiger charge is 2.17. The summed E-state index contributed by atoms with van der Waals surface area (Å²) < 4.78 is 10.5. The van der Waals surface area contributed by atoms with E-state index in [2.05, 4.69) is 26.1 Å². The first-order chi connectivity index (χ1) is 14.3. The molecule has 0 saturated heterocycles. The monoisotopic (exact) mass is 405 g/mol. The molecule has 3 aromatic carbocycles. The SMILES string of the molecule is COc1ccc(C(C)(C)C)cc1NC(=O)COC(=O)Cc1cccc2ccccc12. The van der Waals surface area contributed by atoms with Crippen molar-refractivity contribution in [1.29, 1.82) is 0 Å². The first-order valence-corrected chi connectivity index (χ1v) is 9.88. The van der Waals surface area contributed by atoms with Crippen molar-refractivity contribution in [2.24, 2.45) is 0 Å². The van der Waals surface area contributed by atoms with Gasteiger partial charge in [0.2, 0.25) is 0 Å². The molecule has 0 aliphatic heterocycles. The lowest BCUT2D eigenvalue weighted by Gasteiger charge is -2.21. The highest BCUT2D eigenvalue weighted by atomic mass is 16.5. The molecule has 1 amide bonds. The molecule has 0 aromatic heterocycles. The summed E-state index contributed by atoms with van der Waals surface area (Å²) in [5.41, 5.74) is 2.42. The molecular weight excluding hydrogens is 378 g/mol. The van der Waals surface area contributed by atoms with Crippen LogP contribution in [0.3, 0.4) is 0 Å². The Kier molecular flexibility index (Phi) is 6.40. The quantitative estimate of drug-likeness (QED) is 0.594. The standard InChI is InChI=1S/C25H27NO4/c1-25(2,3)19-12-13-22(29-4)21(15-19)26-23(27)16-30-24(28)14-18-10-7-9-17-8-5-6-11-20(17)18/h5-13,15H,14,16H2,1-4H3,(H,26,27). The van der Waals surface area contributed by atoms with Gasteiger partial charge in [-0.05, 0) is 39.4 Å². The van der Waals surface area contributed by atoms with Gasteiger partial charge < -0.3 is 14.8 Å². The Balaban J connectivity index is 1.62. The van der Waals surface area contributed by atoms with Crippen LogP contribution in [0, 0.1) is 0 Å². The number of benzene rings is 3. The molecule has 1 N–H and O–H groups in total. The van der Waals surface area contributed by atoms with Gasteiger partial charge in [-0.15, -0.1) is 0 Å². The summed E-state index contributed by atoms with van der Waals surface area (Å²) in [7, 11) is 1.55. The van der Waals surface area contributed by atoms with E-state index in [1.54, 1.807) is 7.11 Å². The van der Waals surface area contributed by atoms with Gasteiger partial charge in [0.1, 0.15) is 5.75 Å². The Morgan fingerprint density at radius 3 is 2.43 bits per heavy atom. The fourth-order valence-corrected chi connectivity index (χ4v) is 3.26. The molecule has 5 heteroatoms. The molecule has 156 valence electrons. The Morgan fingerprint density at radius 2 is 1.70 bits per heavy atom. The van der Waals surface area contributed by atoms with Crippen molar-refractivity contribution < 1.29 is 19.1 Å². The summed E-state index contributed by atoms with van der Waals surface area (Å²) in [4.78, 5) is 24.7. The van der Waals surface area contributed by atoms with E-state index >= 15 is 0 Å². The van der Waals surface area contributed by atoms with Crippen LogP contribution in [0.25, 0.3) is 10.8 Å². The second kappa shape index (κ2) is 8.99. The smallest absolute Gasteiger partial charge is 0.310 e. The van der Waals surface area contributed by atoms with E-state index in [0.29, 0.717) is 11.4 Å². The van der Waals surface area contributed by atoms with Gasteiger partial charge in [-0.2, -0.15) is 0 Å². The minimum Gasteiger partial charge on any atom is -0.495 e. The molecule has 0 aliphatic rings. The van der Waals surface area contributed by atoms with Gasteiger partial charge in [0.25, 0.3) is 5.91 Å². The maximum absolute atomic E-state index is 12.4. The van der Waals surface area contributed by atoms with Gasteiger partial charge in [0.05, 0.1) is 19.2 Å². The Labute approximate surface area is 177 Å². The van der Waals surface area contributed by atoms with E-state index in [-0.39, 0.29) is 18.4 Å². The van der Waals surface area contributed by atoms with Crippen LogP contribution in [0.1, 0.15) is 31.9 Å². The van der Waals surface area contributed by atoms with Crippen molar-refractivity contribution in [3.8, 4) is 5.75 Å². The van der Waals surface area contributed by atoms with Crippen LogP contribution in [0.4, 0.5) is 5.69 Å². The Morgan fingerprint density at radius 1 is 0.967 bits per heavy atom. The molecular formula is C25H27NO4. The first kappa shape index (κ1) is 21.4. The third kappa shape index (κ3) is 5.17. The van der Waals surface area contributed by atoms with Crippen LogP contribution in [0.15, 0.2) is 60.7 Å². The lowest BCUT2D eigenvalue weighted by molar-refractivity contribution is -0.146. The number of ether oxygens (including phenoxy) is 2. The zero-order chi connectivity index (χ0) is 21.7. The van der Waals surface area contributed by atoms with Crippen molar-refractivity contribution in [1.82, 2.24) is 0 Å². The average molecular weight is 405 g/mol. The van der Waals surface area contributed by atoms with Gasteiger partial charge in [-0.1, -0.05) is 69.3 Å². The summed E-state index contributed by atoms with van der Waals surface area (Å²) >= 11 is 0. The molecule has 0 spiro atoms. The predicted molar refractivity (Wildman–Crippen MR) is 119 cm³/mol. The van der Waals surface area contributed by atoms with Crippen molar-refractivity contribution in [3.05, 3.63) is 71.8 Å². The van der Waals surface area contributed by atoms with Crippen LogP contribution >= 0.6 is 0 Å². The van der Waals surface area contributed by atoms with Crippen molar-refractivity contribution in [2.45, 2.75) is 32.6 Å². The van der Waals surface area contributed by atoms with Gasteiger partial charge in [-0.25, -0.2) is 0 Å². The van der Waals surface area contributed by atoms with Crippen molar-refractivity contribution in [2.75, 3.05) is 19.0 Å². The molecule has 3 rings (SSSR count). The highest BCUT2D eigenvalue weighted by Crippen LogP contribution is 2.31. The molecule has 3 aromatic rings. The van der Waals surface area contributed by atoms with Gasteiger partial charge in [0, 0.05) is 0 Å². The summed E-state index contributed by atoms with van der Waals surface area (Å²) in [6, 6.07) is 19.3. The molecule has 0 heterocycles. The third-order valence-electron chi connectivity index (χ3n) is 4.92. The maximum atomic E-state index is 12.4. The largest absolute Gasteiger partial charge is 0.495 e. The zero-order valence-corrected chi connectivity index (χ0v) is 17.8. The highest BCUT2D eigenvalue weighted by molar-refractivity contribution is 5.95. The normalized spacial score (nSPS) is 11.2. The van der Waals surface area contributed by atoms with Crippen molar-refractivity contribution >= 4 is 28.3 Å². The van der Waals surface area contributed by atoms with Gasteiger partial charge in [0.15, 0.2) is 6.61 Å². The van der Waals surface area contributed by atoms with E-state index in [4.69, 9.17) is 9.47 Å². The predicted octanol–water partition coefficient (Wildman–Crippen LogP) is 4.87. The number of hydrogen-bond acceptors (Lipinski definition) is 4. The van der Waals surface area contributed by atoms with Crippen molar-refractivity contribution in [3.63, 3.8) is 0 Å². The molecule has 5 nitrogen and oxygen atoms in total. The lowest BCUT2D eigenvalue weighted by Crippen LogP contribution is -2.22. The fourth-order valence-electron chi connectivity index (χ4n) is 3.26. The number of carbonyl (C=O) groups excluding carboxylic acids is 2. The topological polar surface area (TPSA) is 64.6 Å². The minimum absolute atomic E-state index is 0.0727. The molecule has 0 unspecified atom stereocenters.